The fourth-order valence-electron chi connectivity index (χ4n) is 4.02. The quantitative estimate of drug-likeness (QED) is 0.867. The van der Waals surface area contributed by atoms with E-state index in [-0.39, 0.29) is 5.91 Å². The maximum absolute atomic E-state index is 12.2. The van der Waals surface area contributed by atoms with Gasteiger partial charge in [0.2, 0.25) is 5.91 Å². The molecule has 1 N–H and O–H groups in total. The van der Waals surface area contributed by atoms with Gasteiger partial charge in [-0.05, 0) is 55.1 Å². The third kappa shape index (κ3) is 2.68. The van der Waals surface area contributed by atoms with Gasteiger partial charge >= 0.3 is 0 Å². The van der Waals surface area contributed by atoms with Crippen LogP contribution in [0.5, 0.6) is 0 Å². The molecule has 0 heterocycles. The Labute approximate surface area is 115 Å². The number of carbonyl (C=O) groups excluding carboxylic acids is 1. The predicted octanol–water partition coefficient (Wildman–Crippen LogP) is 4.01. The Kier molecular flexibility index (Phi) is 3.58. The lowest BCUT2D eigenvalue weighted by molar-refractivity contribution is -0.117. The van der Waals surface area contributed by atoms with Crippen molar-refractivity contribution in [1.82, 2.24) is 0 Å². The molecular weight excluding hydrogens is 234 g/mol. The molecule has 0 saturated heterocycles. The number of fused-ring (bicyclic) bond motifs is 2. The third-order valence-electron chi connectivity index (χ3n) is 5.00. The second-order valence-electron chi connectivity index (χ2n) is 6.20. The van der Waals surface area contributed by atoms with E-state index >= 15 is 0 Å². The van der Waals surface area contributed by atoms with Crippen LogP contribution in [-0.4, -0.2) is 5.91 Å². The molecule has 102 valence electrons. The zero-order chi connectivity index (χ0) is 13.2. The average Bonchev–Trinajstić information content (AvgIpc) is 3.01. The largest absolute Gasteiger partial charge is 0.326 e. The van der Waals surface area contributed by atoms with Crippen molar-refractivity contribution in [3.8, 4) is 0 Å². The molecule has 2 aliphatic carbocycles. The lowest BCUT2D eigenvalue weighted by atomic mass is 9.86. The molecule has 2 bridgehead atoms. The first kappa shape index (κ1) is 12.7. The predicted molar refractivity (Wildman–Crippen MR) is 78.0 cm³/mol. The summed E-state index contributed by atoms with van der Waals surface area (Å²) in [5, 5.41) is 3.11. The minimum Gasteiger partial charge on any atom is -0.326 e. The van der Waals surface area contributed by atoms with Crippen molar-refractivity contribution in [2.45, 2.75) is 45.4 Å². The van der Waals surface area contributed by atoms with Crippen LogP contribution in [-0.2, 0) is 11.2 Å². The Bertz CT molecular complexity index is 468. The lowest BCUT2D eigenvalue weighted by Gasteiger charge is -2.21. The first-order valence-corrected chi connectivity index (χ1v) is 7.64. The molecule has 3 atom stereocenters. The van der Waals surface area contributed by atoms with Crippen molar-refractivity contribution in [1.29, 1.82) is 0 Å². The van der Waals surface area contributed by atoms with E-state index in [0.717, 1.165) is 30.4 Å². The zero-order valence-corrected chi connectivity index (χ0v) is 11.7. The molecule has 2 fully saturated rings. The molecule has 2 aliphatic rings. The summed E-state index contributed by atoms with van der Waals surface area (Å²) < 4.78 is 0. The highest BCUT2D eigenvalue weighted by atomic mass is 16.1. The normalized spacial score (nSPS) is 28.6. The standard InChI is InChI=1S/C17H23NO/c1-2-13-5-3-4-6-16(13)18-17(19)11-15-10-12-7-8-14(15)9-12/h3-6,12,14-15H,2,7-11H2,1H3,(H,18,19)/t12-,14+,15-/m0/s1. The first-order valence-electron chi connectivity index (χ1n) is 7.64. The summed E-state index contributed by atoms with van der Waals surface area (Å²) in [4.78, 5) is 12.2. The number of anilines is 1. The van der Waals surface area contributed by atoms with Gasteiger partial charge in [-0.2, -0.15) is 0 Å². The van der Waals surface area contributed by atoms with Gasteiger partial charge in [0.05, 0.1) is 0 Å². The van der Waals surface area contributed by atoms with Crippen LogP contribution < -0.4 is 5.32 Å². The highest BCUT2D eigenvalue weighted by Gasteiger charge is 2.40. The number of aryl methyl sites for hydroxylation is 1. The van der Waals surface area contributed by atoms with E-state index in [1.54, 1.807) is 0 Å². The highest BCUT2D eigenvalue weighted by Crippen LogP contribution is 2.49. The van der Waals surface area contributed by atoms with Crippen LogP contribution in [0.25, 0.3) is 0 Å². The minimum atomic E-state index is 0.207. The zero-order valence-electron chi connectivity index (χ0n) is 11.7. The molecular formula is C17H23NO. The molecule has 0 unspecified atom stereocenters. The van der Waals surface area contributed by atoms with Gasteiger partial charge in [-0.3, -0.25) is 4.79 Å². The highest BCUT2D eigenvalue weighted by molar-refractivity contribution is 5.91. The molecule has 2 saturated carbocycles. The summed E-state index contributed by atoms with van der Waals surface area (Å²) in [5.41, 5.74) is 2.22. The minimum absolute atomic E-state index is 0.207. The number of rotatable bonds is 4. The van der Waals surface area contributed by atoms with Crippen LogP contribution in [0.3, 0.4) is 0 Å². The van der Waals surface area contributed by atoms with E-state index in [0.29, 0.717) is 5.92 Å². The molecule has 0 radical (unpaired) electrons. The van der Waals surface area contributed by atoms with Crippen molar-refractivity contribution in [2.24, 2.45) is 17.8 Å². The van der Waals surface area contributed by atoms with E-state index in [1.807, 2.05) is 18.2 Å². The second-order valence-corrected chi connectivity index (χ2v) is 6.20. The summed E-state index contributed by atoms with van der Waals surface area (Å²) >= 11 is 0. The fourth-order valence-corrected chi connectivity index (χ4v) is 4.02. The van der Waals surface area contributed by atoms with Gasteiger partial charge in [-0.15, -0.1) is 0 Å². The van der Waals surface area contributed by atoms with Crippen LogP contribution in [0.15, 0.2) is 24.3 Å². The van der Waals surface area contributed by atoms with E-state index in [4.69, 9.17) is 0 Å². The molecule has 0 spiro atoms. The third-order valence-corrected chi connectivity index (χ3v) is 5.00. The summed E-state index contributed by atoms with van der Waals surface area (Å²) in [5.74, 6) is 2.61. The summed E-state index contributed by atoms with van der Waals surface area (Å²) in [6, 6.07) is 8.13. The molecule has 2 nitrogen and oxygen atoms in total. The average molecular weight is 257 g/mol. The van der Waals surface area contributed by atoms with Crippen LogP contribution in [0, 0.1) is 17.8 Å². The topological polar surface area (TPSA) is 29.1 Å². The summed E-state index contributed by atoms with van der Waals surface area (Å²) in [6.07, 6.45) is 7.11. The number of amides is 1. The molecule has 1 aromatic carbocycles. The Morgan fingerprint density at radius 1 is 1.26 bits per heavy atom. The van der Waals surface area contributed by atoms with Crippen LogP contribution in [0.4, 0.5) is 5.69 Å². The molecule has 3 rings (SSSR count). The van der Waals surface area contributed by atoms with Crippen molar-refractivity contribution >= 4 is 11.6 Å². The number of hydrogen-bond acceptors (Lipinski definition) is 1. The molecule has 0 aliphatic heterocycles. The maximum atomic E-state index is 12.2. The fraction of sp³-hybridized carbons (Fsp3) is 0.588. The van der Waals surface area contributed by atoms with Gasteiger partial charge in [-0.1, -0.05) is 31.5 Å². The molecule has 19 heavy (non-hydrogen) atoms. The monoisotopic (exact) mass is 257 g/mol. The van der Waals surface area contributed by atoms with Gasteiger partial charge in [-0.25, -0.2) is 0 Å². The molecule has 1 aromatic rings. The van der Waals surface area contributed by atoms with Gasteiger partial charge in [0.25, 0.3) is 0 Å². The molecule has 2 heteroatoms. The molecule has 1 amide bonds. The van der Waals surface area contributed by atoms with E-state index in [9.17, 15) is 4.79 Å². The SMILES string of the molecule is CCc1ccccc1NC(=O)C[C@@H]1C[C@H]2CC[C@@H]1C2. The first-order chi connectivity index (χ1) is 9.26. The number of benzene rings is 1. The summed E-state index contributed by atoms with van der Waals surface area (Å²) in [7, 11) is 0. The lowest BCUT2D eigenvalue weighted by Crippen LogP contribution is -2.20. The van der Waals surface area contributed by atoms with Crippen LogP contribution in [0.1, 0.15) is 44.6 Å². The number of nitrogens with one attached hydrogen (secondary N) is 1. The van der Waals surface area contributed by atoms with E-state index in [1.165, 1.54) is 31.2 Å². The maximum Gasteiger partial charge on any atom is 0.224 e. The van der Waals surface area contributed by atoms with E-state index in [2.05, 4.69) is 18.3 Å². The molecule has 0 aromatic heterocycles. The van der Waals surface area contributed by atoms with E-state index < -0.39 is 0 Å². The Morgan fingerprint density at radius 2 is 2.11 bits per heavy atom. The van der Waals surface area contributed by atoms with Crippen molar-refractivity contribution in [3.63, 3.8) is 0 Å². The Hall–Kier alpha value is -1.31. The number of hydrogen-bond donors (Lipinski definition) is 1. The Balaban J connectivity index is 1.59. The summed E-state index contributed by atoms with van der Waals surface area (Å²) in [6.45, 7) is 2.13. The van der Waals surface area contributed by atoms with Gasteiger partial charge < -0.3 is 5.32 Å². The Morgan fingerprint density at radius 3 is 2.79 bits per heavy atom. The van der Waals surface area contributed by atoms with Gasteiger partial charge in [0.15, 0.2) is 0 Å². The van der Waals surface area contributed by atoms with Crippen LogP contribution >= 0.6 is 0 Å². The van der Waals surface area contributed by atoms with Crippen molar-refractivity contribution in [2.75, 3.05) is 5.32 Å². The van der Waals surface area contributed by atoms with Gasteiger partial charge in [0, 0.05) is 12.1 Å². The van der Waals surface area contributed by atoms with Crippen molar-refractivity contribution in [3.05, 3.63) is 29.8 Å². The van der Waals surface area contributed by atoms with Gasteiger partial charge in [0.1, 0.15) is 0 Å². The van der Waals surface area contributed by atoms with Crippen LogP contribution in [0.2, 0.25) is 0 Å². The smallest absolute Gasteiger partial charge is 0.224 e. The second kappa shape index (κ2) is 5.36. The van der Waals surface area contributed by atoms with Crippen molar-refractivity contribution < 1.29 is 4.79 Å². The number of carbonyl (C=O) groups is 1. The number of para-hydroxylation sites is 1.